The van der Waals surface area contributed by atoms with Crippen LogP contribution in [0.15, 0.2) is 18.2 Å². The Bertz CT molecular complexity index is 905. The molecule has 0 heterocycles. The van der Waals surface area contributed by atoms with Crippen molar-refractivity contribution in [1.82, 2.24) is 15.5 Å². The van der Waals surface area contributed by atoms with Gasteiger partial charge in [-0.15, -0.1) is 0 Å². The molecule has 35 heavy (non-hydrogen) atoms. The summed E-state index contributed by atoms with van der Waals surface area (Å²) in [5.74, 6) is -0.634. The number of aromatic hydroxyl groups is 1. The van der Waals surface area contributed by atoms with Gasteiger partial charge in [0.2, 0.25) is 11.8 Å². The molecule has 0 saturated heterocycles. The average molecular weight is 490 g/mol. The van der Waals surface area contributed by atoms with E-state index >= 15 is 0 Å². The summed E-state index contributed by atoms with van der Waals surface area (Å²) in [6.07, 6.45) is 2.54. The van der Waals surface area contributed by atoms with E-state index in [9.17, 15) is 19.5 Å². The Labute approximate surface area is 209 Å². The molecular weight excluding hydrogens is 446 g/mol. The molecule has 196 valence electrons. The zero-order chi connectivity index (χ0) is 26.5. The van der Waals surface area contributed by atoms with Gasteiger partial charge < -0.3 is 25.4 Å². The van der Waals surface area contributed by atoms with Crippen LogP contribution in [0, 0.1) is 12.8 Å². The van der Waals surface area contributed by atoms with Gasteiger partial charge in [-0.2, -0.15) is 0 Å². The standard InChI is InChI=1S/C27H43N3O5/c1-9-17(4)22(29-26(34)35-27(6,7)8)25(33)30(20-11-10-12-20)23(24(32)28-16(2)3)19-13-14-21(31)18(5)15-19/h13-17,20,22-23,31H,9-12H2,1-8H3,(H,28,32)(H,29,34). The predicted molar refractivity (Wildman–Crippen MR) is 136 cm³/mol. The molecule has 8 nitrogen and oxygen atoms in total. The number of hydrogen-bond acceptors (Lipinski definition) is 5. The molecule has 0 bridgehead atoms. The molecule has 1 aliphatic rings. The van der Waals surface area contributed by atoms with Crippen LogP contribution in [0.1, 0.15) is 91.3 Å². The lowest BCUT2D eigenvalue weighted by Crippen LogP contribution is -2.59. The maximum atomic E-state index is 14.2. The molecule has 1 fully saturated rings. The summed E-state index contributed by atoms with van der Waals surface area (Å²) in [6.45, 7) is 14.7. The number of alkyl carbamates (subject to hydrolysis) is 1. The summed E-state index contributed by atoms with van der Waals surface area (Å²) in [5.41, 5.74) is 0.541. The Balaban J connectivity index is 2.53. The second-order valence-corrected chi connectivity index (χ2v) is 11.0. The van der Waals surface area contributed by atoms with E-state index in [-0.39, 0.29) is 35.6 Å². The molecule has 1 saturated carbocycles. The first-order chi connectivity index (χ1) is 16.2. The summed E-state index contributed by atoms with van der Waals surface area (Å²) in [7, 11) is 0. The highest BCUT2D eigenvalue weighted by molar-refractivity contribution is 5.92. The number of benzene rings is 1. The summed E-state index contributed by atoms with van der Waals surface area (Å²) < 4.78 is 5.44. The molecule has 3 amide bonds. The fourth-order valence-electron chi connectivity index (χ4n) is 4.11. The third-order valence-electron chi connectivity index (χ3n) is 6.37. The van der Waals surface area contributed by atoms with Crippen LogP contribution in [0.25, 0.3) is 0 Å². The van der Waals surface area contributed by atoms with Gasteiger partial charge in [-0.1, -0.05) is 26.3 Å². The first-order valence-corrected chi connectivity index (χ1v) is 12.7. The normalized spacial score (nSPS) is 16.6. The van der Waals surface area contributed by atoms with Crippen LogP contribution >= 0.6 is 0 Å². The molecule has 3 unspecified atom stereocenters. The van der Waals surface area contributed by atoms with E-state index in [1.807, 2.05) is 27.7 Å². The molecule has 3 atom stereocenters. The highest BCUT2D eigenvalue weighted by Crippen LogP contribution is 2.35. The highest BCUT2D eigenvalue weighted by Gasteiger charge is 2.43. The Hall–Kier alpha value is -2.77. The van der Waals surface area contributed by atoms with Crippen LogP contribution in [-0.2, 0) is 14.3 Å². The lowest BCUT2D eigenvalue weighted by Gasteiger charge is -2.44. The monoisotopic (exact) mass is 489 g/mol. The number of nitrogens with one attached hydrogen (secondary N) is 2. The number of phenolic OH excluding ortho intramolecular Hbond substituents is 1. The van der Waals surface area contributed by atoms with Gasteiger partial charge in [-0.3, -0.25) is 9.59 Å². The van der Waals surface area contributed by atoms with Crippen LogP contribution in [0.2, 0.25) is 0 Å². The van der Waals surface area contributed by atoms with E-state index in [2.05, 4.69) is 10.6 Å². The minimum absolute atomic E-state index is 0.119. The first-order valence-electron chi connectivity index (χ1n) is 12.7. The Morgan fingerprint density at radius 1 is 1.14 bits per heavy atom. The summed E-state index contributed by atoms with van der Waals surface area (Å²) in [5, 5.41) is 15.8. The molecule has 0 aliphatic heterocycles. The third-order valence-corrected chi connectivity index (χ3v) is 6.37. The van der Waals surface area contributed by atoms with Gasteiger partial charge in [-0.05, 0) is 90.0 Å². The quantitative estimate of drug-likeness (QED) is 0.470. The molecule has 1 aromatic carbocycles. The van der Waals surface area contributed by atoms with Crippen LogP contribution in [-0.4, -0.2) is 51.6 Å². The van der Waals surface area contributed by atoms with Crippen molar-refractivity contribution in [2.45, 2.75) is 111 Å². The molecule has 8 heteroatoms. The zero-order valence-corrected chi connectivity index (χ0v) is 22.5. The van der Waals surface area contributed by atoms with Gasteiger partial charge in [0, 0.05) is 12.1 Å². The summed E-state index contributed by atoms with van der Waals surface area (Å²) in [4.78, 5) is 42.0. The maximum Gasteiger partial charge on any atom is 0.408 e. The fourth-order valence-corrected chi connectivity index (χ4v) is 4.11. The topological polar surface area (TPSA) is 108 Å². The number of carbonyl (C=O) groups is 3. The van der Waals surface area contributed by atoms with Crippen molar-refractivity contribution in [2.75, 3.05) is 0 Å². The molecule has 0 spiro atoms. The van der Waals surface area contributed by atoms with Gasteiger partial charge in [0.1, 0.15) is 23.4 Å². The minimum atomic E-state index is -0.888. The van der Waals surface area contributed by atoms with Crippen molar-refractivity contribution in [3.8, 4) is 5.75 Å². The number of phenols is 1. The van der Waals surface area contributed by atoms with Crippen LogP contribution in [0.3, 0.4) is 0 Å². The van der Waals surface area contributed by atoms with E-state index in [0.717, 1.165) is 19.3 Å². The van der Waals surface area contributed by atoms with Gasteiger partial charge in [-0.25, -0.2) is 4.79 Å². The molecular formula is C27H43N3O5. The second kappa shape index (κ2) is 11.8. The molecule has 2 rings (SSSR count). The maximum absolute atomic E-state index is 14.2. The summed E-state index contributed by atoms with van der Waals surface area (Å²) in [6, 6.07) is 3.02. The van der Waals surface area contributed by atoms with Crippen LogP contribution in [0.4, 0.5) is 4.79 Å². The lowest BCUT2D eigenvalue weighted by molar-refractivity contribution is -0.148. The number of amides is 3. The Morgan fingerprint density at radius 2 is 1.77 bits per heavy atom. The minimum Gasteiger partial charge on any atom is -0.508 e. The van der Waals surface area contributed by atoms with E-state index in [0.29, 0.717) is 17.5 Å². The van der Waals surface area contributed by atoms with E-state index < -0.39 is 23.8 Å². The number of nitrogens with zero attached hydrogens (tertiary/aromatic N) is 1. The van der Waals surface area contributed by atoms with Crippen LogP contribution in [0.5, 0.6) is 5.75 Å². The number of rotatable bonds is 9. The van der Waals surface area contributed by atoms with E-state index in [1.165, 1.54) is 0 Å². The van der Waals surface area contributed by atoms with Crippen molar-refractivity contribution < 1.29 is 24.2 Å². The number of carbonyl (C=O) groups excluding carboxylic acids is 3. The van der Waals surface area contributed by atoms with Gasteiger partial charge in [0.05, 0.1) is 0 Å². The van der Waals surface area contributed by atoms with E-state index in [1.54, 1.807) is 50.8 Å². The van der Waals surface area contributed by atoms with Crippen molar-refractivity contribution in [3.63, 3.8) is 0 Å². The van der Waals surface area contributed by atoms with Gasteiger partial charge in [0.25, 0.3) is 0 Å². The number of aryl methyl sites for hydroxylation is 1. The number of hydrogen-bond donors (Lipinski definition) is 3. The van der Waals surface area contributed by atoms with Crippen molar-refractivity contribution >= 4 is 17.9 Å². The van der Waals surface area contributed by atoms with Crippen LogP contribution < -0.4 is 10.6 Å². The Morgan fingerprint density at radius 3 is 2.23 bits per heavy atom. The molecule has 0 radical (unpaired) electrons. The van der Waals surface area contributed by atoms with Crippen molar-refractivity contribution in [3.05, 3.63) is 29.3 Å². The second-order valence-electron chi connectivity index (χ2n) is 11.0. The average Bonchev–Trinajstić information content (AvgIpc) is 2.69. The number of ether oxygens (including phenoxy) is 1. The first kappa shape index (κ1) is 28.5. The molecule has 1 aromatic rings. The zero-order valence-electron chi connectivity index (χ0n) is 22.5. The lowest BCUT2D eigenvalue weighted by atomic mass is 9.86. The molecule has 0 aromatic heterocycles. The van der Waals surface area contributed by atoms with Gasteiger partial charge in [0.15, 0.2) is 0 Å². The Kier molecular flexibility index (Phi) is 9.58. The molecule has 3 N–H and O–H groups in total. The van der Waals surface area contributed by atoms with Crippen molar-refractivity contribution in [2.24, 2.45) is 5.92 Å². The smallest absolute Gasteiger partial charge is 0.408 e. The highest BCUT2D eigenvalue weighted by atomic mass is 16.6. The summed E-state index contributed by atoms with van der Waals surface area (Å²) >= 11 is 0. The largest absolute Gasteiger partial charge is 0.508 e. The van der Waals surface area contributed by atoms with Crippen molar-refractivity contribution in [1.29, 1.82) is 0 Å². The SMILES string of the molecule is CCC(C)C(NC(=O)OC(C)(C)C)C(=O)N(C1CCC1)C(C(=O)NC(C)C)c1ccc(O)c(C)c1. The van der Waals surface area contributed by atoms with Gasteiger partial charge >= 0.3 is 6.09 Å². The predicted octanol–water partition coefficient (Wildman–Crippen LogP) is 4.59. The molecule has 1 aliphatic carbocycles. The third kappa shape index (κ3) is 7.61. The van der Waals surface area contributed by atoms with E-state index in [4.69, 9.17) is 4.74 Å². The fraction of sp³-hybridized carbons (Fsp3) is 0.667.